The first-order valence-corrected chi connectivity index (χ1v) is 10.7. The summed E-state index contributed by atoms with van der Waals surface area (Å²) in [5.41, 5.74) is 5.74. The average Bonchev–Trinajstić information content (AvgIpc) is 2.71. The van der Waals surface area contributed by atoms with Crippen LogP contribution in [0.5, 0.6) is 0 Å². The number of rotatable bonds is 8. The van der Waals surface area contributed by atoms with Gasteiger partial charge in [0.05, 0.1) is 0 Å². The fourth-order valence-corrected chi connectivity index (χ4v) is 4.24. The summed E-state index contributed by atoms with van der Waals surface area (Å²) in [5.74, 6) is 2.23. The molecule has 28 heavy (non-hydrogen) atoms. The Hall–Kier alpha value is -2.34. The standard InChI is InChI=1S/C28H34/c1-21(2)18-27(23-12-7-5-8-13-23)25-16-11-17-26(20-25)28(19-22(3)4)24-14-9-6-10-15-24/h5-17,20-22,27-28H,18-19H2,1-4H3. The van der Waals surface area contributed by atoms with Crippen molar-refractivity contribution in [3.8, 4) is 0 Å². The van der Waals surface area contributed by atoms with Gasteiger partial charge in [0.25, 0.3) is 0 Å². The minimum absolute atomic E-state index is 0.455. The molecule has 2 atom stereocenters. The van der Waals surface area contributed by atoms with E-state index in [9.17, 15) is 0 Å². The van der Waals surface area contributed by atoms with Crippen LogP contribution in [0.1, 0.15) is 74.6 Å². The first-order chi connectivity index (χ1) is 13.5. The van der Waals surface area contributed by atoms with E-state index < -0.39 is 0 Å². The number of benzene rings is 3. The molecular formula is C28H34. The molecule has 0 aliphatic rings. The Kier molecular flexibility index (Phi) is 7.09. The molecule has 0 bridgehead atoms. The fraction of sp³-hybridized carbons (Fsp3) is 0.357. The Balaban J connectivity index is 2.00. The van der Waals surface area contributed by atoms with E-state index in [1.807, 2.05) is 0 Å². The number of hydrogen-bond acceptors (Lipinski definition) is 0. The van der Waals surface area contributed by atoms with Crippen molar-refractivity contribution in [2.24, 2.45) is 11.8 Å². The summed E-state index contributed by atoms with van der Waals surface area (Å²) in [7, 11) is 0. The molecule has 0 N–H and O–H groups in total. The van der Waals surface area contributed by atoms with Crippen LogP contribution < -0.4 is 0 Å². The minimum atomic E-state index is 0.455. The smallest absolute Gasteiger partial charge is 0.00918 e. The molecule has 0 heterocycles. The topological polar surface area (TPSA) is 0 Å². The van der Waals surface area contributed by atoms with Gasteiger partial charge >= 0.3 is 0 Å². The summed E-state index contributed by atoms with van der Waals surface area (Å²) in [6.45, 7) is 9.30. The molecule has 0 amide bonds. The Labute approximate surface area is 171 Å². The highest BCUT2D eigenvalue weighted by molar-refractivity contribution is 5.39. The maximum Gasteiger partial charge on any atom is 0.00918 e. The van der Waals surface area contributed by atoms with Crippen LogP contribution in [0.4, 0.5) is 0 Å². The quantitative estimate of drug-likeness (QED) is 0.376. The Morgan fingerprint density at radius 1 is 0.464 bits per heavy atom. The molecule has 0 radical (unpaired) electrons. The van der Waals surface area contributed by atoms with Crippen LogP contribution in [-0.2, 0) is 0 Å². The molecule has 0 heteroatoms. The third kappa shape index (κ3) is 5.35. The highest BCUT2D eigenvalue weighted by Crippen LogP contribution is 2.36. The Bertz CT molecular complexity index is 761. The van der Waals surface area contributed by atoms with Crippen LogP contribution in [0.25, 0.3) is 0 Å². The van der Waals surface area contributed by atoms with Gasteiger partial charge in [-0.1, -0.05) is 113 Å². The van der Waals surface area contributed by atoms with Crippen LogP contribution >= 0.6 is 0 Å². The molecule has 3 aromatic carbocycles. The zero-order chi connectivity index (χ0) is 19.9. The van der Waals surface area contributed by atoms with Crippen molar-refractivity contribution in [2.45, 2.75) is 52.4 Å². The molecule has 0 fully saturated rings. The zero-order valence-electron chi connectivity index (χ0n) is 17.8. The molecule has 146 valence electrons. The maximum absolute atomic E-state index is 2.47. The van der Waals surface area contributed by atoms with E-state index in [1.54, 1.807) is 0 Å². The van der Waals surface area contributed by atoms with E-state index in [2.05, 4.69) is 113 Å². The van der Waals surface area contributed by atoms with Crippen molar-refractivity contribution in [3.63, 3.8) is 0 Å². The summed E-state index contributed by atoms with van der Waals surface area (Å²) in [6, 6.07) is 31.4. The van der Waals surface area contributed by atoms with Gasteiger partial charge in [-0.3, -0.25) is 0 Å². The van der Waals surface area contributed by atoms with Crippen molar-refractivity contribution < 1.29 is 0 Å². The lowest BCUT2D eigenvalue weighted by molar-refractivity contribution is 0.534. The van der Waals surface area contributed by atoms with Gasteiger partial charge in [-0.2, -0.15) is 0 Å². The average molecular weight is 371 g/mol. The fourth-order valence-electron chi connectivity index (χ4n) is 4.24. The summed E-state index contributed by atoms with van der Waals surface area (Å²) in [5, 5.41) is 0. The summed E-state index contributed by atoms with van der Waals surface area (Å²) >= 11 is 0. The first kappa shape index (κ1) is 20.4. The number of hydrogen-bond donors (Lipinski definition) is 0. The lowest BCUT2D eigenvalue weighted by Gasteiger charge is -2.24. The van der Waals surface area contributed by atoms with Crippen molar-refractivity contribution in [1.82, 2.24) is 0 Å². The maximum atomic E-state index is 2.47. The normalized spacial score (nSPS) is 13.6. The van der Waals surface area contributed by atoms with Gasteiger partial charge in [-0.15, -0.1) is 0 Å². The lowest BCUT2D eigenvalue weighted by Crippen LogP contribution is -2.08. The van der Waals surface area contributed by atoms with Gasteiger partial charge in [-0.25, -0.2) is 0 Å². The van der Waals surface area contributed by atoms with Gasteiger partial charge in [0.1, 0.15) is 0 Å². The van der Waals surface area contributed by atoms with Crippen LogP contribution in [0.15, 0.2) is 84.9 Å². The van der Waals surface area contributed by atoms with E-state index in [-0.39, 0.29) is 0 Å². The SMILES string of the molecule is CC(C)CC(c1ccccc1)c1cccc(C(CC(C)C)c2ccccc2)c1. The van der Waals surface area contributed by atoms with Gasteiger partial charge in [0, 0.05) is 11.8 Å². The van der Waals surface area contributed by atoms with E-state index in [0.29, 0.717) is 23.7 Å². The molecule has 0 saturated heterocycles. The molecule has 0 aliphatic heterocycles. The van der Waals surface area contributed by atoms with Crippen molar-refractivity contribution in [1.29, 1.82) is 0 Å². The van der Waals surface area contributed by atoms with Crippen molar-refractivity contribution in [2.75, 3.05) is 0 Å². The van der Waals surface area contributed by atoms with E-state index in [1.165, 1.54) is 35.1 Å². The van der Waals surface area contributed by atoms with E-state index in [0.717, 1.165) is 0 Å². The molecule has 0 aliphatic carbocycles. The third-order valence-corrected chi connectivity index (χ3v) is 5.53. The molecule has 0 spiro atoms. The second-order valence-electron chi connectivity index (χ2n) is 8.86. The largest absolute Gasteiger partial charge is 0.0627 e. The van der Waals surface area contributed by atoms with Crippen molar-refractivity contribution >= 4 is 0 Å². The Morgan fingerprint density at radius 2 is 0.821 bits per heavy atom. The summed E-state index contributed by atoms with van der Waals surface area (Å²) in [6.07, 6.45) is 2.35. The summed E-state index contributed by atoms with van der Waals surface area (Å²) < 4.78 is 0. The van der Waals surface area contributed by atoms with Crippen LogP contribution in [0.2, 0.25) is 0 Å². The molecule has 3 rings (SSSR count). The highest BCUT2D eigenvalue weighted by Gasteiger charge is 2.20. The second-order valence-corrected chi connectivity index (χ2v) is 8.86. The third-order valence-electron chi connectivity index (χ3n) is 5.53. The zero-order valence-corrected chi connectivity index (χ0v) is 17.8. The van der Waals surface area contributed by atoms with Crippen LogP contribution in [0.3, 0.4) is 0 Å². The first-order valence-electron chi connectivity index (χ1n) is 10.7. The van der Waals surface area contributed by atoms with Crippen LogP contribution in [-0.4, -0.2) is 0 Å². The second kappa shape index (κ2) is 9.73. The van der Waals surface area contributed by atoms with Crippen molar-refractivity contribution in [3.05, 3.63) is 107 Å². The van der Waals surface area contributed by atoms with E-state index >= 15 is 0 Å². The van der Waals surface area contributed by atoms with Crippen LogP contribution in [0, 0.1) is 11.8 Å². The predicted octanol–water partition coefficient (Wildman–Crippen LogP) is 8.04. The van der Waals surface area contributed by atoms with Gasteiger partial charge in [0.2, 0.25) is 0 Å². The summed E-state index contributed by atoms with van der Waals surface area (Å²) in [4.78, 5) is 0. The Morgan fingerprint density at radius 3 is 1.18 bits per heavy atom. The molecule has 0 saturated carbocycles. The minimum Gasteiger partial charge on any atom is -0.0627 e. The van der Waals surface area contributed by atoms with E-state index in [4.69, 9.17) is 0 Å². The molecule has 2 unspecified atom stereocenters. The van der Waals surface area contributed by atoms with Gasteiger partial charge in [-0.05, 0) is 46.9 Å². The monoisotopic (exact) mass is 370 g/mol. The predicted molar refractivity (Wildman–Crippen MR) is 122 cm³/mol. The van der Waals surface area contributed by atoms with Gasteiger partial charge < -0.3 is 0 Å². The highest BCUT2D eigenvalue weighted by atomic mass is 14.2. The van der Waals surface area contributed by atoms with Gasteiger partial charge in [0.15, 0.2) is 0 Å². The lowest BCUT2D eigenvalue weighted by atomic mass is 9.80. The molecular weight excluding hydrogens is 336 g/mol. The molecule has 0 aromatic heterocycles. The molecule has 3 aromatic rings. The molecule has 0 nitrogen and oxygen atoms in total.